The van der Waals surface area contributed by atoms with E-state index in [9.17, 15) is 14.9 Å². The molecule has 0 unspecified atom stereocenters. The lowest BCUT2D eigenvalue weighted by molar-refractivity contribution is -0.385. The van der Waals surface area contributed by atoms with E-state index in [2.05, 4.69) is 15.6 Å². The van der Waals surface area contributed by atoms with Crippen LogP contribution in [0.5, 0.6) is 5.75 Å². The number of ether oxygens (including phenoxy) is 1. The summed E-state index contributed by atoms with van der Waals surface area (Å²) in [5.41, 5.74) is 2.93. The zero-order valence-electron chi connectivity index (χ0n) is 11.7. The summed E-state index contributed by atoms with van der Waals surface area (Å²) in [5, 5.41) is 18.0. The number of benzene rings is 1. The van der Waals surface area contributed by atoms with Gasteiger partial charge in [0, 0.05) is 0 Å². The number of hydrogen-bond donors (Lipinski definition) is 1. The third kappa shape index (κ3) is 4.13. The van der Waals surface area contributed by atoms with Crippen molar-refractivity contribution in [1.82, 2.24) is 15.2 Å². The number of hydrazone groups is 1. The Morgan fingerprint density at radius 2 is 2.23 bits per heavy atom. The van der Waals surface area contributed by atoms with E-state index < -0.39 is 10.8 Å². The van der Waals surface area contributed by atoms with Crippen molar-refractivity contribution in [2.24, 2.45) is 5.10 Å². The highest BCUT2D eigenvalue weighted by atomic mass is 16.6. The maximum Gasteiger partial charge on any atom is 0.307 e. The Hall–Kier alpha value is -3.23. The van der Waals surface area contributed by atoms with Gasteiger partial charge in [0.2, 0.25) is 0 Å². The molecule has 1 heterocycles. The predicted octanol–water partition coefficient (Wildman–Crippen LogP) is 0.950. The van der Waals surface area contributed by atoms with Gasteiger partial charge in [0.05, 0.1) is 18.2 Å². The smallest absolute Gasteiger partial charge is 0.307 e. The summed E-state index contributed by atoms with van der Waals surface area (Å²) in [6.45, 7) is -0.159. The molecular weight excluding hydrogens is 290 g/mol. The number of aromatic nitrogens is 2. The van der Waals surface area contributed by atoms with Gasteiger partial charge < -0.3 is 4.74 Å². The summed E-state index contributed by atoms with van der Waals surface area (Å²) in [7, 11) is 1.57. The monoisotopic (exact) mass is 303 g/mol. The zero-order chi connectivity index (χ0) is 15.9. The highest BCUT2D eigenvalue weighted by Gasteiger charge is 2.10. The molecule has 0 aliphatic carbocycles. The third-order valence-corrected chi connectivity index (χ3v) is 2.65. The molecule has 9 heteroatoms. The number of carbonyl (C=O) groups excluding carboxylic acids is 1. The number of nitrogens with zero attached hydrogens (tertiary/aromatic N) is 4. The highest BCUT2D eigenvalue weighted by Crippen LogP contribution is 2.09. The lowest BCUT2D eigenvalue weighted by atomic mass is 10.2. The van der Waals surface area contributed by atoms with E-state index >= 15 is 0 Å². The second kappa shape index (κ2) is 6.97. The van der Waals surface area contributed by atoms with Crippen LogP contribution in [0.4, 0.5) is 5.69 Å². The topological polar surface area (TPSA) is 112 Å². The van der Waals surface area contributed by atoms with E-state index in [1.807, 2.05) is 0 Å². The van der Waals surface area contributed by atoms with Crippen LogP contribution < -0.4 is 10.2 Å². The summed E-state index contributed by atoms with van der Waals surface area (Å²) in [4.78, 5) is 21.5. The predicted molar refractivity (Wildman–Crippen MR) is 77.6 cm³/mol. The molecule has 1 amide bonds. The second-order valence-electron chi connectivity index (χ2n) is 4.22. The fourth-order valence-corrected chi connectivity index (χ4v) is 1.58. The van der Waals surface area contributed by atoms with Crippen LogP contribution in [0.2, 0.25) is 0 Å². The molecule has 114 valence electrons. The molecule has 0 aliphatic rings. The van der Waals surface area contributed by atoms with Crippen LogP contribution in [0.1, 0.15) is 5.56 Å². The standard InChI is InChI=1S/C13H13N5O4/c1-22-12-4-2-10(3-5-12)6-14-16-13(19)9-17-8-11(7-15-17)18(20)21/h2-8H,9H2,1H3,(H,16,19)/b14-6+. The minimum absolute atomic E-state index is 0.159. The van der Waals surface area contributed by atoms with E-state index in [1.165, 1.54) is 12.4 Å². The van der Waals surface area contributed by atoms with Gasteiger partial charge in [-0.25, -0.2) is 5.43 Å². The average molecular weight is 303 g/mol. The van der Waals surface area contributed by atoms with Gasteiger partial charge in [-0.15, -0.1) is 0 Å². The summed E-state index contributed by atoms with van der Waals surface area (Å²) in [5.74, 6) is 0.282. The second-order valence-corrected chi connectivity index (χ2v) is 4.22. The Balaban J connectivity index is 1.85. The quantitative estimate of drug-likeness (QED) is 0.485. The molecule has 1 aromatic carbocycles. The Kier molecular flexibility index (Phi) is 4.81. The largest absolute Gasteiger partial charge is 0.497 e. The summed E-state index contributed by atoms with van der Waals surface area (Å²) in [6.07, 6.45) is 3.73. The first-order valence-corrected chi connectivity index (χ1v) is 6.21. The normalized spacial score (nSPS) is 10.6. The third-order valence-electron chi connectivity index (χ3n) is 2.65. The molecule has 0 saturated heterocycles. The molecule has 0 saturated carbocycles. The van der Waals surface area contributed by atoms with Crippen LogP contribution >= 0.6 is 0 Å². The number of methoxy groups -OCH3 is 1. The van der Waals surface area contributed by atoms with Crippen molar-refractivity contribution >= 4 is 17.8 Å². The highest BCUT2D eigenvalue weighted by molar-refractivity contribution is 5.82. The first kappa shape index (κ1) is 15.2. The molecule has 9 nitrogen and oxygen atoms in total. The maximum absolute atomic E-state index is 11.6. The summed E-state index contributed by atoms with van der Waals surface area (Å²) < 4.78 is 6.19. The van der Waals surface area contributed by atoms with Crippen LogP contribution in [0, 0.1) is 10.1 Å². The van der Waals surface area contributed by atoms with Gasteiger partial charge in [-0.2, -0.15) is 10.2 Å². The Bertz CT molecular complexity index is 693. The molecule has 0 atom stereocenters. The number of amides is 1. The molecule has 1 aromatic heterocycles. The van der Waals surface area contributed by atoms with E-state index in [0.29, 0.717) is 0 Å². The van der Waals surface area contributed by atoms with Crippen molar-refractivity contribution in [1.29, 1.82) is 0 Å². The average Bonchev–Trinajstić information content (AvgIpc) is 2.96. The van der Waals surface area contributed by atoms with Gasteiger partial charge in [-0.1, -0.05) is 0 Å². The van der Waals surface area contributed by atoms with Crippen molar-refractivity contribution in [3.05, 3.63) is 52.3 Å². The number of nitrogens with one attached hydrogen (secondary N) is 1. The van der Waals surface area contributed by atoms with Crippen molar-refractivity contribution in [3.63, 3.8) is 0 Å². The minimum Gasteiger partial charge on any atom is -0.497 e. The molecule has 0 radical (unpaired) electrons. The Morgan fingerprint density at radius 1 is 1.50 bits per heavy atom. The first-order valence-electron chi connectivity index (χ1n) is 6.21. The van der Waals surface area contributed by atoms with Crippen LogP contribution in [0.15, 0.2) is 41.8 Å². The number of nitro groups is 1. The molecular formula is C13H13N5O4. The number of rotatable bonds is 6. The lowest BCUT2D eigenvalue weighted by Gasteiger charge is -2.00. The van der Waals surface area contributed by atoms with Crippen LogP contribution in [-0.4, -0.2) is 33.9 Å². The lowest BCUT2D eigenvalue weighted by Crippen LogP contribution is -2.23. The van der Waals surface area contributed by atoms with Gasteiger partial charge >= 0.3 is 5.69 Å². The van der Waals surface area contributed by atoms with Gasteiger partial charge in [0.25, 0.3) is 5.91 Å². The summed E-state index contributed by atoms with van der Waals surface area (Å²) >= 11 is 0. The van der Waals surface area contributed by atoms with Gasteiger partial charge in [-0.3, -0.25) is 19.6 Å². The van der Waals surface area contributed by atoms with E-state index in [0.717, 1.165) is 22.2 Å². The Morgan fingerprint density at radius 3 is 2.82 bits per heavy atom. The van der Waals surface area contributed by atoms with Crippen LogP contribution in [0.3, 0.4) is 0 Å². The number of hydrogen-bond acceptors (Lipinski definition) is 6. The SMILES string of the molecule is COc1ccc(/C=N/NC(=O)Cn2cc([N+](=O)[O-])cn2)cc1. The zero-order valence-corrected chi connectivity index (χ0v) is 11.7. The van der Waals surface area contributed by atoms with Crippen LogP contribution in [0.25, 0.3) is 0 Å². The molecule has 0 aliphatic heterocycles. The molecule has 2 rings (SSSR count). The van der Waals surface area contributed by atoms with Crippen molar-refractivity contribution in [2.45, 2.75) is 6.54 Å². The van der Waals surface area contributed by atoms with Gasteiger partial charge in [-0.05, 0) is 29.8 Å². The maximum atomic E-state index is 11.6. The van der Waals surface area contributed by atoms with Crippen molar-refractivity contribution in [2.75, 3.05) is 7.11 Å². The van der Waals surface area contributed by atoms with E-state index in [4.69, 9.17) is 4.74 Å². The Labute approximate surface area is 125 Å². The first-order chi connectivity index (χ1) is 10.6. The van der Waals surface area contributed by atoms with Gasteiger partial charge in [0.15, 0.2) is 0 Å². The fourth-order valence-electron chi connectivity index (χ4n) is 1.58. The molecule has 2 aromatic rings. The molecule has 0 bridgehead atoms. The van der Waals surface area contributed by atoms with Crippen LogP contribution in [-0.2, 0) is 11.3 Å². The molecule has 1 N–H and O–H groups in total. The minimum atomic E-state index is -0.580. The summed E-state index contributed by atoms with van der Waals surface area (Å²) in [6, 6.07) is 7.11. The van der Waals surface area contributed by atoms with E-state index in [-0.39, 0.29) is 12.2 Å². The van der Waals surface area contributed by atoms with Crippen molar-refractivity contribution in [3.8, 4) is 5.75 Å². The molecule has 0 spiro atoms. The molecule has 0 fully saturated rings. The fraction of sp³-hybridized carbons (Fsp3) is 0.154. The van der Waals surface area contributed by atoms with Gasteiger partial charge in [0.1, 0.15) is 24.7 Å². The van der Waals surface area contributed by atoms with E-state index in [1.54, 1.807) is 31.4 Å². The van der Waals surface area contributed by atoms with Crippen molar-refractivity contribution < 1.29 is 14.5 Å². The number of carbonyl (C=O) groups is 1. The molecule has 22 heavy (non-hydrogen) atoms.